The number of fused-ring (bicyclic) bond motifs is 1. The van der Waals surface area contributed by atoms with Crippen LogP contribution >= 0.6 is 11.3 Å². The Kier molecular flexibility index (Phi) is 5.20. The Morgan fingerprint density at radius 1 is 1.23 bits per heavy atom. The number of ether oxygens (including phenoxy) is 1. The zero-order valence-corrected chi connectivity index (χ0v) is 17.1. The topological polar surface area (TPSA) is 106 Å². The number of aromatic hydroxyl groups is 1. The van der Waals surface area contributed by atoms with E-state index in [2.05, 4.69) is 20.1 Å². The van der Waals surface area contributed by atoms with Crippen LogP contribution in [0.15, 0.2) is 48.0 Å². The molecular formula is C21H18N4O4S. The predicted molar refractivity (Wildman–Crippen MR) is 113 cm³/mol. The summed E-state index contributed by atoms with van der Waals surface area (Å²) in [6, 6.07) is 10.1. The van der Waals surface area contributed by atoms with Crippen LogP contribution in [0.5, 0.6) is 5.75 Å². The number of hydrogen-bond acceptors (Lipinski definition) is 7. The molecule has 3 heterocycles. The Bertz CT molecular complexity index is 1250. The minimum atomic E-state index is -0.694. The van der Waals surface area contributed by atoms with Crippen molar-refractivity contribution < 1.29 is 19.4 Å². The lowest BCUT2D eigenvalue weighted by molar-refractivity contribution is 0.0597. The number of aromatic nitrogens is 3. The van der Waals surface area contributed by atoms with Gasteiger partial charge in [-0.25, -0.2) is 14.5 Å². The van der Waals surface area contributed by atoms with Gasteiger partial charge in [0.15, 0.2) is 11.4 Å². The number of phenolic OH excluding ortho intramolecular Hbond substituents is 1. The summed E-state index contributed by atoms with van der Waals surface area (Å²) in [6.07, 6.45) is 1.61. The number of carbonyl (C=O) groups is 2. The average molecular weight is 422 g/mol. The van der Waals surface area contributed by atoms with Crippen molar-refractivity contribution in [2.45, 2.75) is 13.5 Å². The number of hydrogen-bond donors (Lipinski definition) is 2. The van der Waals surface area contributed by atoms with Crippen molar-refractivity contribution in [1.82, 2.24) is 14.8 Å². The summed E-state index contributed by atoms with van der Waals surface area (Å²) < 4.78 is 6.40. The molecule has 0 atom stereocenters. The number of benzene rings is 1. The third-order valence-corrected chi connectivity index (χ3v) is 5.42. The molecular weight excluding hydrogens is 404 g/mol. The van der Waals surface area contributed by atoms with E-state index in [1.807, 2.05) is 17.5 Å². The Morgan fingerprint density at radius 2 is 2.07 bits per heavy atom. The lowest BCUT2D eigenvalue weighted by atomic mass is 10.1. The SMILES string of the molecule is COC(=O)c1cccc(NC(=O)c2cc(C)nc3c2cnn3Cc2cccs2)c1O. The summed E-state index contributed by atoms with van der Waals surface area (Å²) in [6.45, 7) is 2.36. The second-order valence-corrected chi connectivity index (χ2v) is 7.61. The van der Waals surface area contributed by atoms with Crippen LogP contribution in [0.2, 0.25) is 0 Å². The molecule has 2 N–H and O–H groups in total. The summed E-state index contributed by atoms with van der Waals surface area (Å²) >= 11 is 1.62. The van der Waals surface area contributed by atoms with E-state index in [0.717, 1.165) is 4.88 Å². The molecule has 152 valence electrons. The van der Waals surface area contributed by atoms with Gasteiger partial charge in [-0.3, -0.25) is 4.79 Å². The van der Waals surface area contributed by atoms with Crippen LogP contribution in [0.4, 0.5) is 5.69 Å². The number of carbonyl (C=O) groups excluding carboxylic acids is 2. The van der Waals surface area contributed by atoms with Crippen molar-refractivity contribution in [2.24, 2.45) is 0 Å². The van der Waals surface area contributed by atoms with Gasteiger partial charge in [0.1, 0.15) is 5.56 Å². The van der Waals surface area contributed by atoms with E-state index in [-0.39, 0.29) is 17.0 Å². The molecule has 0 radical (unpaired) electrons. The first kappa shape index (κ1) is 19.6. The molecule has 1 aromatic carbocycles. The molecule has 0 saturated heterocycles. The highest BCUT2D eigenvalue weighted by Crippen LogP contribution is 2.29. The second kappa shape index (κ2) is 7.96. The Hall–Kier alpha value is -3.72. The van der Waals surface area contributed by atoms with Gasteiger partial charge in [-0.2, -0.15) is 5.10 Å². The standard InChI is InChI=1S/C21H18N4O4S/c1-12-9-15(16-10-22-25(19(16)23-12)11-13-5-4-8-30-13)20(27)24-17-7-3-6-14(18(17)26)21(28)29-2/h3-10,26H,11H2,1-2H3,(H,24,27). The number of esters is 1. The Labute approximate surface area is 175 Å². The van der Waals surface area contributed by atoms with Crippen molar-refractivity contribution in [3.8, 4) is 5.75 Å². The van der Waals surface area contributed by atoms with Crippen LogP contribution in [0.3, 0.4) is 0 Å². The van der Waals surface area contributed by atoms with E-state index in [1.165, 1.54) is 19.2 Å². The number of nitrogens with one attached hydrogen (secondary N) is 1. The quantitative estimate of drug-likeness (QED) is 0.376. The zero-order valence-electron chi connectivity index (χ0n) is 16.2. The number of methoxy groups -OCH3 is 1. The van der Waals surface area contributed by atoms with Crippen molar-refractivity contribution >= 4 is 39.9 Å². The van der Waals surface area contributed by atoms with Crippen LogP contribution in [0, 0.1) is 6.92 Å². The van der Waals surface area contributed by atoms with E-state index in [0.29, 0.717) is 28.8 Å². The van der Waals surface area contributed by atoms with E-state index in [9.17, 15) is 14.7 Å². The van der Waals surface area contributed by atoms with Gasteiger partial charge in [0.2, 0.25) is 0 Å². The number of rotatable bonds is 5. The van der Waals surface area contributed by atoms with E-state index >= 15 is 0 Å². The molecule has 4 aromatic rings. The first-order valence-corrected chi connectivity index (χ1v) is 9.93. The monoisotopic (exact) mass is 422 g/mol. The maximum atomic E-state index is 13.0. The highest BCUT2D eigenvalue weighted by molar-refractivity contribution is 7.09. The lowest BCUT2D eigenvalue weighted by Crippen LogP contribution is -2.14. The van der Waals surface area contributed by atoms with E-state index < -0.39 is 11.9 Å². The van der Waals surface area contributed by atoms with Crippen molar-refractivity contribution in [2.75, 3.05) is 12.4 Å². The van der Waals surface area contributed by atoms with Crippen LogP contribution in [-0.2, 0) is 11.3 Å². The third-order valence-electron chi connectivity index (χ3n) is 4.56. The zero-order chi connectivity index (χ0) is 21.3. The molecule has 4 rings (SSSR count). The van der Waals surface area contributed by atoms with Crippen molar-refractivity contribution in [3.63, 3.8) is 0 Å². The average Bonchev–Trinajstić information content (AvgIpc) is 3.39. The van der Waals surface area contributed by atoms with Crippen LogP contribution in [-0.4, -0.2) is 38.9 Å². The number of aryl methyl sites for hydroxylation is 1. The van der Waals surface area contributed by atoms with Crippen LogP contribution < -0.4 is 5.32 Å². The molecule has 0 spiro atoms. The molecule has 9 heteroatoms. The van der Waals surface area contributed by atoms with Gasteiger partial charge in [0, 0.05) is 10.6 Å². The van der Waals surface area contributed by atoms with Gasteiger partial charge in [0.05, 0.1) is 36.5 Å². The summed E-state index contributed by atoms with van der Waals surface area (Å²) in [4.78, 5) is 30.5. The Balaban J connectivity index is 1.69. The van der Waals surface area contributed by atoms with Gasteiger partial charge in [-0.05, 0) is 36.6 Å². The van der Waals surface area contributed by atoms with Gasteiger partial charge in [-0.15, -0.1) is 11.3 Å². The first-order valence-electron chi connectivity index (χ1n) is 9.05. The summed E-state index contributed by atoms with van der Waals surface area (Å²) in [5.41, 5.74) is 1.71. The number of para-hydroxylation sites is 1. The van der Waals surface area contributed by atoms with E-state index in [4.69, 9.17) is 0 Å². The molecule has 0 saturated carbocycles. The van der Waals surface area contributed by atoms with Gasteiger partial charge in [0.25, 0.3) is 5.91 Å². The maximum absolute atomic E-state index is 13.0. The largest absolute Gasteiger partial charge is 0.505 e. The fourth-order valence-electron chi connectivity index (χ4n) is 3.14. The van der Waals surface area contributed by atoms with Gasteiger partial charge < -0.3 is 15.2 Å². The molecule has 0 aliphatic rings. The maximum Gasteiger partial charge on any atom is 0.341 e. The summed E-state index contributed by atoms with van der Waals surface area (Å²) in [5, 5.41) is 20.0. The minimum absolute atomic E-state index is 0.0323. The molecule has 0 aliphatic heterocycles. The summed E-state index contributed by atoms with van der Waals surface area (Å²) in [5.74, 6) is -1.49. The predicted octanol–water partition coefficient (Wildman–Crippen LogP) is 3.59. The number of phenols is 1. The highest BCUT2D eigenvalue weighted by Gasteiger charge is 2.20. The number of pyridine rings is 1. The summed E-state index contributed by atoms with van der Waals surface area (Å²) in [7, 11) is 1.22. The van der Waals surface area contributed by atoms with Gasteiger partial charge >= 0.3 is 5.97 Å². The lowest BCUT2D eigenvalue weighted by Gasteiger charge is -2.11. The minimum Gasteiger partial charge on any atom is -0.505 e. The molecule has 0 unspecified atom stereocenters. The normalized spacial score (nSPS) is 10.9. The van der Waals surface area contributed by atoms with Gasteiger partial charge in [-0.1, -0.05) is 12.1 Å². The number of thiophene rings is 1. The van der Waals surface area contributed by atoms with Crippen molar-refractivity contribution in [3.05, 3.63) is 69.7 Å². The second-order valence-electron chi connectivity index (χ2n) is 6.58. The molecule has 8 nitrogen and oxygen atoms in total. The fraction of sp³-hybridized carbons (Fsp3) is 0.143. The molecule has 0 aliphatic carbocycles. The Morgan fingerprint density at radius 3 is 2.80 bits per heavy atom. The van der Waals surface area contributed by atoms with Crippen LogP contribution in [0.1, 0.15) is 31.3 Å². The molecule has 0 fully saturated rings. The number of anilines is 1. The number of amides is 1. The third kappa shape index (κ3) is 3.62. The van der Waals surface area contributed by atoms with E-state index in [1.54, 1.807) is 41.3 Å². The van der Waals surface area contributed by atoms with Crippen molar-refractivity contribution in [1.29, 1.82) is 0 Å². The highest BCUT2D eigenvalue weighted by atomic mass is 32.1. The molecule has 0 bridgehead atoms. The molecule has 3 aromatic heterocycles. The number of nitrogens with zero attached hydrogens (tertiary/aromatic N) is 3. The molecule has 1 amide bonds. The first-order chi connectivity index (χ1) is 14.5. The van der Waals surface area contributed by atoms with Crippen LogP contribution in [0.25, 0.3) is 11.0 Å². The molecule has 30 heavy (non-hydrogen) atoms. The fourth-order valence-corrected chi connectivity index (χ4v) is 3.82. The smallest absolute Gasteiger partial charge is 0.341 e.